The predicted molar refractivity (Wildman–Crippen MR) is 123 cm³/mol. The summed E-state index contributed by atoms with van der Waals surface area (Å²) in [6.07, 6.45) is 14.6. The van der Waals surface area contributed by atoms with Gasteiger partial charge < -0.3 is 5.11 Å². The molecule has 162 valence electrons. The van der Waals surface area contributed by atoms with Gasteiger partial charge in [-0.25, -0.2) is 4.79 Å². The molecular formula is C27H36O3. The quantitative estimate of drug-likeness (QED) is 0.246. The Kier molecular flexibility index (Phi) is 10.9. The van der Waals surface area contributed by atoms with Crippen LogP contribution in [0.15, 0.2) is 48.5 Å². The molecule has 0 saturated heterocycles. The van der Waals surface area contributed by atoms with Crippen LogP contribution in [0.2, 0.25) is 0 Å². The first-order valence-electron chi connectivity index (χ1n) is 11.6. The minimum Gasteiger partial charge on any atom is -0.478 e. The third kappa shape index (κ3) is 8.14. The molecule has 0 spiro atoms. The fourth-order valence-corrected chi connectivity index (χ4v) is 3.89. The summed E-state index contributed by atoms with van der Waals surface area (Å²) in [4.78, 5) is 24.3. The molecule has 0 aliphatic rings. The van der Waals surface area contributed by atoms with Gasteiger partial charge in [0.05, 0.1) is 5.56 Å². The molecule has 0 aliphatic carbocycles. The van der Waals surface area contributed by atoms with Crippen molar-refractivity contribution >= 4 is 11.8 Å². The monoisotopic (exact) mass is 408 g/mol. The molecule has 0 aromatic heterocycles. The van der Waals surface area contributed by atoms with E-state index in [0.29, 0.717) is 23.1 Å². The number of aromatic carboxylic acids is 1. The van der Waals surface area contributed by atoms with Crippen LogP contribution in [0.25, 0.3) is 0 Å². The average molecular weight is 409 g/mol. The zero-order chi connectivity index (χ0) is 21.6. The number of aryl methyl sites for hydroxylation is 1. The Balaban J connectivity index is 1.80. The highest BCUT2D eigenvalue weighted by Gasteiger charge is 2.15. The van der Waals surface area contributed by atoms with Crippen LogP contribution in [0, 0.1) is 0 Å². The maximum absolute atomic E-state index is 12.7. The van der Waals surface area contributed by atoms with E-state index in [0.717, 1.165) is 18.4 Å². The van der Waals surface area contributed by atoms with Gasteiger partial charge in [0.25, 0.3) is 0 Å². The van der Waals surface area contributed by atoms with Crippen molar-refractivity contribution in [2.45, 2.75) is 84.0 Å². The molecule has 3 nitrogen and oxygen atoms in total. The van der Waals surface area contributed by atoms with Gasteiger partial charge in [-0.15, -0.1) is 0 Å². The number of ketones is 1. The van der Waals surface area contributed by atoms with Crippen LogP contribution in [-0.2, 0) is 6.42 Å². The highest BCUT2D eigenvalue weighted by atomic mass is 16.4. The summed E-state index contributed by atoms with van der Waals surface area (Å²) in [6.45, 7) is 2.25. The highest BCUT2D eigenvalue weighted by molar-refractivity contribution is 6.09. The Hall–Kier alpha value is -2.42. The Morgan fingerprint density at radius 2 is 1.27 bits per heavy atom. The van der Waals surface area contributed by atoms with Crippen molar-refractivity contribution in [2.75, 3.05) is 0 Å². The molecule has 0 heterocycles. The second-order valence-electron chi connectivity index (χ2n) is 8.16. The Labute approximate surface area is 181 Å². The number of unbranched alkanes of at least 4 members (excludes halogenated alkanes) is 10. The summed E-state index contributed by atoms with van der Waals surface area (Å²) in [6, 6.07) is 14.1. The van der Waals surface area contributed by atoms with Crippen LogP contribution >= 0.6 is 0 Å². The lowest BCUT2D eigenvalue weighted by molar-refractivity contribution is 0.0695. The fourth-order valence-electron chi connectivity index (χ4n) is 3.89. The van der Waals surface area contributed by atoms with Crippen LogP contribution < -0.4 is 0 Å². The van der Waals surface area contributed by atoms with Gasteiger partial charge in [0.2, 0.25) is 0 Å². The summed E-state index contributed by atoms with van der Waals surface area (Å²) in [5, 5.41) is 9.50. The van der Waals surface area contributed by atoms with Gasteiger partial charge in [-0.3, -0.25) is 4.79 Å². The Bertz CT molecular complexity index is 780. The molecule has 30 heavy (non-hydrogen) atoms. The highest BCUT2D eigenvalue weighted by Crippen LogP contribution is 2.19. The third-order valence-electron chi connectivity index (χ3n) is 5.68. The number of hydrogen-bond donors (Lipinski definition) is 1. The summed E-state index contributed by atoms with van der Waals surface area (Å²) in [5.74, 6) is -0.987. The molecule has 0 atom stereocenters. The van der Waals surface area contributed by atoms with Crippen LogP contribution in [0.5, 0.6) is 0 Å². The van der Waals surface area contributed by atoms with Gasteiger partial charge in [-0.2, -0.15) is 0 Å². The molecule has 2 aromatic rings. The smallest absolute Gasteiger partial charge is 0.335 e. The van der Waals surface area contributed by atoms with Crippen molar-refractivity contribution in [2.24, 2.45) is 0 Å². The summed E-state index contributed by atoms with van der Waals surface area (Å²) in [7, 11) is 0. The first-order chi connectivity index (χ1) is 14.6. The molecule has 2 aromatic carbocycles. The van der Waals surface area contributed by atoms with Gasteiger partial charge >= 0.3 is 5.97 Å². The normalized spacial score (nSPS) is 10.8. The molecule has 0 aliphatic heterocycles. The lowest BCUT2D eigenvalue weighted by Gasteiger charge is -2.09. The lowest BCUT2D eigenvalue weighted by atomic mass is 9.95. The van der Waals surface area contributed by atoms with E-state index in [2.05, 4.69) is 6.92 Å². The van der Waals surface area contributed by atoms with Gasteiger partial charge in [0.15, 0.2) is 5.78 Å². The largest absolute Gasteiger partial charge is 0.478 e. The van der Waals surface area contributed by atoms with E-state index in [1.165, 1.54) is 57.8 Å². The summed E-state index contributed by atoms with van der Waals surface area (Å²) >= 11 is 0. The van der Waals surface area contributed by atoms with E-state index < -0.39 is 5.97 Å². The summed E-state index contributed by atoms with van der Waals surface area (Å²) < 4.78 is 0. The van der Waals surface area contributed by atoms with Crippen molar-refractivity contribution in [1.29, 1.82) is 0 Å². The molecule has 1 N–H and O–H groups in total. The number of benzene rings is 2. The first kappa shape index (κ1) is 23.9. The van der Waals surface area contributed by atoms with Crippen molar-refractivity contribution in [3.8, 4) is 0 Å². The van der Waals surface area contributed by atoms with Gasteiger partial charge in [0.1, 0.15) is 0 Å². The lowest BCUT2D eigenvalue weighted by Crippen LogP contribution is -2.07. The van der Waals surface area contributed by atoms with Crippen LogP contribution in [0.4, 0.5) is 0 Å². The van der Waals surface area contributed by atoms with Gasteiger partial charge in [-0.05, 0) is 30.5 Å². The van der Waals surface area contributed by atoms with E-state index >= 15 is 0 Å². The van der Waals surface area contributed by atoms with Crippen LogP contribution in [0.3, 0.4) is 0 Å². The minimum absolute atomic E-state index is 0.0623. The second kappa shape index (κ2) is 13.7. The number of carboxylic acids is 1. The maximum Gasteiger partial charge on any atom is 0.335 e. The van der Waals surface area contributed by atoms with Crippen molar-refractivity contribution < 1.29 is 14.7 Å². The zero-order valence-electron chi connectivity index (χ0n) is 18.4. The maximum atomic E-state index is 12.7. The molecule has 2 rings (SSSR count). The van der Waals surface area contributed by atoms with Crippen LogP contribution in [-0.4, -0.2) is 16.9 Å². The van der Waals surface area contributed by atoms with Crippen molar-refractivity contribution in [3.05, 3.63) is 70.8 Å². The van der Waals surface area contributed by atoms with Crippen molar-refractivity contribution in [3.63, 3.8) is 0 Å². The number of rotatable bonds is 15. The van der Waals surface area contributed by atoms with E-state index in [4.69, 9.17) is 0 Å². The molecular weight excluding hydrogens is 372 g/mol. The van der Waals surface area contributed by atoms with E-state index in [1.54, 1.807) is 30.3 Å². The zero-order valence-corrected chi connectivity index (χ0v) is 18.4. The minimum atomic E-state index is -0.924. The van der Waals surface area contributed by atoms with E-state index in [9.17, 15) is 14.7 Å². The molecule has 0 unspecified atom stereocenters. The van der Waals surface area contributed by atoms with E-state index in [-0.39, 0.29) is 5.78 Å². The first-order valence-corrected chi connectivity index (χ1v) is 11.6. The number of carbonyl (C=O) groups is 2. The summed E-state index contributed by atoms with van der Waals surface area (Å²) in [5.41, 5.74) is 2.26. The molecule has 0 fully saturated rings. The molecule has 3 heteroatoms. The standard InChI is InChI=1S/C27H36O3/c1-2-3-4-5-6-7-8-9-10-11-13-18-23-21-24(19-20-25(23)27(29)30)26(28)22-16-14-12-15-17-22/h12,14-17,19-21H,2-11,13,18H2,1H3,(H,29,30). The fraction of sp³-hybridized carbons (Fsp3) is 0.481. The number of hydrogen-bond acceptors (Lipinski definition) is 2. The molecule has 0 bridgehead atoms. The van der Waals surface area contributed by atoms with Crippen molar-refractivity contribution in [1.82, 2.24) is 0 Å². The molecule has 0 amide bonds. The third-order valence-corrected chi connectivity index (χ3v) is 5.68. The Morgan fingerprint density at radius 1 is 0.700 bits per heavy atom. The topological polar surface area (TPSA) is 54.4 Å². The van der Waals surface area contributed by atoms with Gasteiger partial charge in [-0.1, -0.05) is 108 Å². The second-order valence-corrected chi connectivity index (χ2v) is 8.16. The predicted octanol–water partition coefficient (Wildman–Crippen LogP) is 7.47. The molecule has 0 radical (unpaired) electrons. The number of carboxylic acid groups (broad SMARTS) is 1. The van der Waals surface area contributed by atoms with E-state index in [1.807, 2.05) is 18.2 Å². The molecule has 0 saturated carbocycles. The van der Waals surface area contributed by atoms with Gasteiger partial charge in [0, 0.05) is 11.1 Å². The SMILES string of the molecule is CCCCCCCCCCCCCc1cc(C(=O)c2ccccc2)ccc1C(=O)O. The Morgan fingerprint density at radius 3 is 1.83 bits per heavy atom. The number of carbonyl (C=O) groups excluding carboxylic acids is 1. The average Bonchev–Trinajstić information content (AvgIpc) is 2.77. The van der Waals surface area contributed by atoms with Crippen LogP contribution in [0.1, 0.15) is 109 Å².